The Hall–Kier alpha value is -1.88. The monoisotopic (exact) mass is 314 g/mol. The second-order valence-electron chi connectivity index (χ2n) is 6.46. The summed E-state index contributed by atoms with van der Waals surface area (Å²) in [6.45, 7) is 6.53. The summed E-state index contributed by atoms with van der Waals surface area (Å²) in [6.07, 6.45) is 3.29. The van der Waals surface area contributed by atoms with Crippen LogP contribution in [0.1, 0.15) is 36.9 Å². The zero-order valence-corrected chi connectivity index (χ0v) is 13.6. The summed E-state index contributed by atoms with van der Waals surface area (Å²) in [4.78, 5) is 2.49. The van der Waals surface area contributed by atoms with E-state index in [0.29, 0.717) is 11.6 Å². The third kappa shape index (κ3) is 2.53. The van der Waals surface area contributed by atoms with E-state index < -0.39 is 0 Å². The summed E-state index contributed by atoms with van der Waals surface area (Å²) in [6, 6.07) is 6.88. The molecule has 0 unspecified atom stereocenters. The molecule has 5 heteroatoms. The number of benzene rings is 1. The maximum Gasteiger partial charge on any atom is 0.148 e. The van der Waals surface area contributed by atoms with Crippen molar-refractivity contribution in [1.82, 2.24) is 14.7 Å². The number of hydrogen-bond donors (Lipinski definition) is 1. The van der Waals surface area contributed by atoms with Gasteiger partial charge < -0.3 is 10.2 Å². The van der Waals surface area contributed by atoms with Crippen molar-refractivity contribution in [3.05, 3.63) is 41.3 Å². The molecule has 0 atom stereocenters. The van der Waals surface area contributed by atoms with E-state index in [2.05, 4.69) is 17.1 Å². The van der Waals surface area contributed by atoms with Crippen LogP contribution in [0.2, 0.25) is 0 Å². The molecular weight excluding hydrogens is 291 g/mol. The van der Waals surface area contributed by atoms with E-state index >= 15 is 0 Å². The molecule has 1 aromatic heterocycles. The third-order valence-electron chi connectivity index (χ3n) is 5.18. The lowest BCUT2D eigenvalue weighted by atomic mass is 9.91. The molecule has 4 nitrogen and oxygen atoms in total. The molecule has 2 aliphatic heterocycles. The van der Waals surface area contributed by atoms with Crippen molar-refractivity contribution < 1.29 is 4.39 Å². The number of halogens is 1. The summed E-state index contributed by atoms with van der Waals surface area (Å²) in [5.41, 5.74) is 3.02. The van der Waals surface area contributed by atoms with E-state index in [-0.39, 0.29) is 5.82 Å². The van der Waals surface area contributed by atoms with Crippen molar-refractivity contribution in [1.29, 1.82) is 0 Å². The van der Waals surface area contributed by atoms with E-state index in [1.165, 1.54) is 17.3 Å². The van der Waals surface area contributed by atoms with Crippen molar-refractivity contribution in [2.75, 3.05) is 31.5 Å². The van der Waals surface area contributed by atoms with Gasteiger partial charge in [0, 0.05) is 18.0 Å². The first kappa shape index (κ1) is 14.7. The van der Waals surface area contributed by atoms with Crippen molar-refractivity contribution >= 4 is 5.82 Å². The average molecular weight is 314 g/mol. The largest absolute Gasteiger partial charge is 0.369 e. The number of aromatic nitrogens is 2. The van der Waals surface area contributed by atoms with Crippen LogP contribution in [0.4, 0.5) is 10.2 Å². The van der Waals surface area contributed by atoms with Crippen molar-refractivity contribution in [2.45, 2.75) is 32.1 Å². The SMILES string of the molecule is CCN1CCC(c2nn(-c3ccccc3F)c3c2CCN3)CC1. The average Bonchev–Trinajstić information content (AvgIpc) is 3.18. The normalized spacial score (nSPS) is 18.9. The summed E-state index contributed by atoms with van der Waals surface area (Å²) >= 11 is 0. The number of rotatable bonds is 3. The minimum Gasteiger partial charge on any atom is -0.369 e. The van der Waals surface area contributed by atoms with E-state index in [1.807, 2.05) is 6.07 Å². The zero-order valence-electron chi connectivity index (χ0n) is 13.6. The molecular formula is C18H23FN4. The molecule has 0 radical (unpaired) electrons. The minimum absolute atomic E-state index is 0.223. The highest BCUT2D eigenvalue weighted by atomic mass is 19.1. The summed E-state index contributed by atoms with van der Waals surface area (Å²) in [5.74, 6) is 1.27. The first-order valence-corrected chi connectivity index (χ1v) is 8.61. The number of anilines is 1. The van der Waals surface area contributed by atoms with Crippen molar-refractivity contribution in [3.63, 3.8) is 0 Å². The topological polar surface area (TPSA) is 33.1 Å². The van der Waals surface area contributed by atoms with Gasteiger partial charge in [0.15, 0.2) is 0 Å². The molecule has 4 rings (SSSR count). The molecule has 0 aliphatic carbocycles. The number of piperidine rings is 1. The van der Waals surface area contributed by atoms with Crippen molar-refractivity contribution in [2.24, 2.45) is 0 Å². The Morgan fingerprint density at radius 3 is 2.78 bits per heavy atom. The summed E-state index contributed by atoms with van der Waals surface area (Å²) in [7, 11) is 0. The molecule has 23 heavy (non-hydrogen) atoms. The maximum atomic E-state index is 14.2. The molecule has 3 heterocycles. The second-order valence-corrected chi connectivity index (χ2v) is 6.46. The fourth-order valence-electron chi connectivity index (χ4n) is 3.85. The molecule has 1 N–H and O–H groups in total. The van der Waals surface area contributed by atoms with Crippen LogP contribution >= 0.6 is 0 Å². The van der Waals surface area contributed by atoms with E-state index in [0.717, 1.165) is 51.3 Å². The Labute approximate surface area is 136 Å². The van der Waals surface area contributed by atoms with Gasteiger partial charge in [0.1, 0.15) is 17.3 Å². The number of fused-ring (bicyclic) bond motifs is 1. The number of likely N-dealkylation sites (tertiary alicyclic amines) is 1. The van der Waals surface area contributed by atoms with Gasteiger partial charge in [-0.2, -0.15) is 5.10 Å². The van der Waals surface area contributed by atoms with Crippen LogP contribution < -0.4 is 5.32 Å². The molecule has 0 saturated carbocycles. The van der Waals surface area contributed by atoms with Crippen LogP contribution in [0.3, 0.4) is 0 Å². The van der Waals surface area contributed by atoms with Gasteiger partial charge in [0.25, 0.3) is 0 Å². The van der Waals surface area contributed by atoms with E-state index in [1.54, 1.807) is 16.8 Å². The number of hydrogen-bond acceptors (Lipinski definition) is 3. The highest BCUT2D eigenvalue weighted by Gasteiger charge is 2.30. The van der Waals surface area contributed by atoms with Crippen LogP contribution in [0.5, 0.6) is 0 Å². The van der Waals surface area contributed by atoms with Crippen LogP contribution in [0, 0.1) is 5.82 Å². The number of nitrogens with one attached hydrogen (secondary N) is 1. The maximum absolute atomic E-state index is 14.2. The van der Waals surface area contributed by atoms with Gasteiger partial charge in [0.2, 0.25) is 0 Å². The zero-order chi connectivity index (χ0) is 15.8. The minimum atomic E-state index is -0.223. The van der Waals surface area contributed by atoms with Gasteiger partial charge in [-0.25, -0.2) is 9.07 Å². The van der Waals surface area contributed by atoms with Gasteiger partial charge in [-0.3, -0.25) is 0 Å². The molecule has 122 valence electrons. The standard InChI is InChI=1S/C18H23FN4/c1-2-22-11-8-13(9-12-22)17-14-7-10-20-18(14)23(21-17)16-6-4-3-5-15(16)19/h3-6,13,20H,2,7-12H2,1H3. The van der Waals surface area contributed by atoms with Crippen LogP contribution in [0.15, 0.2) is 24.3 Å². The summed E-state index contributed by atoms with van der Waals surface area (Å²) < 4.78 is 16.0. The Balaban J connectivity index is 1.70. The Kier molecular flexibility index (Phi) is 3.81. The predicted octanol–water partition coefficient (Wildman–Crippen LogP) is 3.18. The van der Waals surface area contributed by atoms with Gasteiger partial charge in [-0.05, 0) is 51.0 Å². The highest BCUT2D eigenvalue weighted by molar-refractivity contribution is 5.58. The van der Waals surface area contributed by atoms with Crippen molar-refractivity contribution in [3.8, 4) is 5.69 Å². The van der Waals surface area contributed by atoms with Crippen LogP contribution in [-0.2, 0) is 6.42 Å². The molecule has 1 saturated heterocycles. The van der Waals surface area contributed by atoms with E-state index in [9.17, 15) is 4.39 Å². The van der Waals surface area contributed by atoms with Gasteiger partial charge in [0.05, 0.1) is 5.69 Å². The molecule has 2 aliphatic rings. The van der Waals surface area contributed by atoms with E-state index in [4.69, 9.17) is 5.10 Å². The predicted molar refractivity (Wildman–Crippen MR) is 89.8 cm³/mol. The second kappa shape index (κ2) is 5.96. The lowest BCUT2D eigenvalue weighted by Gasteiger charge is -2.30. The Morgan fingerprint density at radius 2 is 2.04 bits per heavy atom. The summed E-state index contributed by atoms with van der Waals surface area (Å²) in [5, 5.41) is 8.23. The molecule has 1 fully saturated rings. The molecule has 0 bridgehead atoms. The molecule has 1 aromatic carbocycles. The number of para-hydroxylation sites is 1. The first-order valence-electron chi connectivity index (χ1n) is 8.61. The smallest absolute Gasteiger partial charge is 0.148 e. The van der Waals surface area contributed by atoms with Gasteiger partial charge in [-0.1, -0.05) is 19.1 Å². The number of nitrogens with zero attached hydrogens (tertiary/aromatic N) is 3. The Bertz CT molecular complexity index is 701. The Morgan fingerprint density at radius 1 is 1.26 bits per heavy atom. The molecule has 0 amide bonds. The van der Waals surface area contributed by atoms with Gasteiger partial charge in [-0.15, -0.1) is 0 Å². The quantitative estimate of drug-likeness (QED) is 0.944. The van der Waals surface area contributed by atoms with Crippen LogP contribution in [-0.4, -0.2) is 40.9 Å². The highest BCUT2D eigenvalue weighted by Crippen LogP contribution is 2.37. The molecule has 2 aromatic rings. The lowest BCUT2D eigenvalue weighted by Crippen LogP contribution is -2.33. The third-order valence-corrected chi connectivity index (χ3v) is 5.18. The van der Waals surface area contributed by atoms with Crippen LogP contribution in [0.25, 0.3) is 5.69 Å². The fourth-order valence-corrected chi connectivity index (χ4v) is 3.85. The first-order chi connectivity index (χ1) is 11.3. The molecule has 0 spiro atoms. The lowest BCUT2D eigenvalue weighted by molar-refractivity contribution is 0.220. The van der Waals surface area contributed by atoms with Gasteiger partial charge >= 0.3 is 0 Å². The fraction of sp³-hybridized carbons (Fsp3) is 0.500.